The summed E-state index contributed by atoms with van der Waals surface area (Å²) in [7, 11) is 0. The zero-order chi connectivity index (χ0) is 15.9. The Balaban J connectivity index is 2.02. The number of hydrogen-bond donors (Lipinski definition) is 2. The van der Waals surface area contributed by atoms with E-state index in [9.17, 15) is 9.59 Å². The number of fused-ring (bicyclic) bond motifs is 1. The fourth-order valence-electron chi connectivity index (χ4n) is 2.30. The Morgan fingerprint density at radius 2 is 2.05 bits per heavy atom. The number of aromatic amines is 1. The molecule has 0 radical (unpaired) electrons. The first-order valence-electron chi connectivity index (χ1n) is 6.83. The molecular formula is C16H15N3O2S. The van der Waals surface area contributed by atoms with Gasteiger partial charge in [-0.15, -0.1) is 11.3 Å². The molecule has 1 amide bonds. The minimum Gasteiger partial charge on any atom is -0.321 e. The van der Waals surface area contributed by atoms with Gasteiger partial charge in [0, 0.05) is 5.69 Å². The van der Waals surface area contributed by atoms with Crippen molar-refractivity contribution in [3.8, 4) is 0 Å². The van der Waals surface area contributed by atoms with Gasteiger partial charge in [0.05, 0.1) is 16.7 Å². The third kappa shape index (κ3) is 2.42. The van der Waals surface area contributed by atoms with Crippen molar-refractivity contribution in [2.75, 3.05) is 5.32 Å². The Labute approximate surface area is 131 Å². The standard InChI is InChI=1S/C16H15N3O2S/c1-8-4-5-9(2)11(6-8)19-16(21)13-10(3)12-14(22-13)15(20)18-7-17-12/h4-7H,1-3H3,(H,19,21)(H,17,18,20). The number of nitrogens with one attached hydrogen (secondary N) is 2. The van der Waals surface area contributed by atoms with Crippen LogP contribution in [0.25, 0.3) is 10.2 Å². The number of aryl methyl sites for hydroxylation is 3. The van der Waals surface area contributed by atoms with Crippen molar-refractivity contribution in [2.24, 2.45) is 0 Å². The van der Waals surface area contributed by atoms with Crippen molar-refractivity contribution in [3.05, 3.63) is 56.4 Å². The summed E-state index contributed by atoms with van der Waals surface area (Å²) in [5.41, 5.74) is 3.95. The van der Waals surface area contributed by atoms with Gasteiger partial charge >= 0.3 is 0 Å². The Hall–Kier alpha value is -2.47. The van der Waals surface area contributed by atoms with Crippen LogP contribution in [-0.2, 0) is 0 Å². The largest absolute Gasteiger partial charge is 0.321 e. The maximum Gasteiger partial charge on any atom is 0.268 e. The van der Waals surface area contributed by atoms with Gasteiger partial charge in [-0.25, -0.2) is 4.98 Å². The fourth-order valence-corrected chi connectivity index (χ4v) is 3.35. The third-order valence-electron chi connectivity index (χ3n) is 3.56. The topological polar surface area (TPSA) is 74.8 Å². The second-order valence-electron chi connectivity index (χ2n) is 5.24. The molecule has 6 heteroatoms. The number of carbonyl (C=O) groups excluding carboxylic acids is 1. The number of amides is 1. The highest BCUT2D eigenvalue weighted by Gasteiger charge is 2.18. The van der Waals surface area contributed by atoms with Crippen LogP contribution in [0.5, 0.6) is 0 Å². The third-order valence-corrected chi connectivity index (χ3v) is 4.84. The molecule has 0 fully saturated rings. The maximum atomic E-state index is 12.5. The number of rotatable bonds is 2. The van der Waals surface area contributed by atoms with Crippen molar-refractivity contribution in [2.45, 2.75) is 20.8 Å². The Kier molecular flexibility index (Phi) is 3.54. The van der Waals surface area contributed by atoms with Crippen LogP contribution in [0.2, 0.25) is 0 Å². The smallest absolute Gasteiger partial charge is 0.268 e. The zero-order valence-corrected chi connectivity index (χ0v) is 13.3. The first-order valence-corrected chi connectivity index (χ1v) is 7.64. The molecule has 0 aliphatic rings. The summed E-state index contributed by atoms with van der Waals surface area (Å²) >= 11 is 1.17. The van der Waals surface area contributed by atoms with E-state index in [2.05, 4.69) is 15.3 Å². The molecule has 1 aromatic carbocycles. The monoisotopic (exact) mass is 313 g/mol. The highest BCUT2D eigenvalue weighted by Crippen LogP contribution is 2.27. The summed E-state index contributed by atoms with van der Waals surface area (Å²) in [5.74, 6) is -0.214. The number of H-pyrrole nitrogens is 1. The molecule has 0 aliphatic heterocycles. The predicted octanol–water partition coefficient (Wildman–Crippen LogP) is 3.16. The van der Waals surface area contributed by atoms with Gasteiger partial charge in [0.2, 0.25) is 0 Å². The van der Waals surface area contributed by atoms with Crippen LogP contribution in [-0.4, -0.2) is 15.9 Å². The average Bonchev–Trinajstić information content (AvgIpc) is 2.82. The molecule has 2 heterocycles. The molecule has 3 rings (SSSR count). The van der Waals surface area contributed by atoms with E-state index < -0.39 is 0 Å². The summed E-state index contributed by atoms with van der Waals surface area (Å²) in [4.78, 5) is 31.6. The number of carbonyl (C=O) groups is 1. The van der Waals surface area contributed by atoms with E-state index in [1.807, 2.05) is 39.0 Å². The van der Waals surface area contributed by atoms with Crippen LogP contribution < -0.4 is 10.9 Å². The van der Waals surface area contributed by atoms with E-state index in [-0.39, 0.29) is 11.5 Å². The molecule has 2 aromatic heterocycles. The van der Waals surface area contributed by atoms with Gasteiger partial charge in [-0.3, -0.25) is 9.59 Å². The molecule has 3 aromatic rings. The molecule has 0 aliphatic carbocycles. The number of aromatic nitrogens is 2. The van der Waals surface area contributed by atoms with Crippen molar-refractivity contribution in [3.63, 3.8) is 0 Å². The SMILES string of the molecule is Cc1ccc(C)c(NC(=O)c2sc3c(=O)[nH]cnc3c2C)c1. The molecule has 112 valence electrons. The van der Waals surface area contributed by atoms with Crippen LogP contribution >= 0.6 is 11.3 Å². The van der Waals surface area contributed by atoms with Crippen LogP contribution in [0.4, 0.5) is 5.69 Å². The van der Waals surface area contributed by atoms with E-state index in [0.29, 0.717) is 15.1 Å². The van der Waals surface area contributed by atoms with Gasteiger partial charge in [-0.1, -0.05) is 12.1 Å². The summed E-state index contributed by atoms with van der Waals surface area (Å²) in [5, 5.41) is 2.92. The lowest BCUT2D eigenvalue weighted by atomic mass is 10.1. The van der Waals surface area contributed by atoms with Crippen molar-refractivity contribution < 1.29 is 4.79 Å². The quantitative estimate of drug-likeness (QED) is 0.763. The van der Waals surface area contributed by atoms with Gasteiger partial charge in [-0.2, -0.15) is 0 Å². The Bertz CT molecular complexity index is 940. The molecule has 22 heavy (non-hydrogen) atoms. The van der Waals surface area contributed by atoms with Crippen molar-refractivity contribution in [1.82, 2.24) is 9.97 Å². The highest BCUT2D eigenvalue weighted by molar-refractivity contribution is 7.21. The van der Waals surface area contributed by atoms with Crippen LogP contribution in [0.15, 0.2) is 29.3 Å². The summed E-state index contributed by atoms with van der Waals surface area (Å²) in [6.07, 6.45) is 1.36. The van der Waals surface area contributed by atoms with Gasteiger partial charge < -0.3 is 10.3 Å². The number of nitrogens with zero attached hydrogens (tertiary/aromatic N) is 1. The second-order valence-corrected chi connectivity index (χ2v) is 6.26. The summed E-state index contributed by atoms with van der Waals surface area (Å²) < 4.78 is 0.478. The van der Waals surface area contributed by atoms with Crippen molar-refractivity contribution in [1.29, 1.82) is 0 Å². The lowest BCUT2D eigenvalue weighted by molar-refractivity contribution is 0.103. The van der Waals surface area contributed by atoms with E-state index in [4.69, 9.17) is 0 Å². The molecule has 0 saturated carbocycles. The molecule has 0 bridgehead atoms. The van der Waals surface area contributed by atoms with Crippen LogP contribution in [0.1, 0.15) is 26.4 Å². The number of hydrogen-bond acceptors (Lipinski definition) is 4. The molecular weight excluding hydrogens is 298 g/mol. The minimum absolute atomic E-state index is 0.214. The first-order chi connectivity index (χ1) is 10.5. The number of anilines is 1. The first kappa shape index (κ1) is 14.5. The molecule has 0 spiro atoms. The highest BCUT2D eigenvalue weighted by atomic mass is 32.1. The normalized spacial score (nSPS) is 10.9. The van der Waals surface area contributed by atoms with Gasteiger partial charge in [0.1, 0.15) is 4.70 Å². The molecule has 0 saturated heterocycles. The lowest BCUT2D eigenvalue weighted by Gasteiger charge is -2.08. The Morgan fingerprint density at radius 3 is 2.77 bits per heavy atom. The van der Waals surface area contributed by atoms with Crippen LogP contribution in [0.3, 0.4) is 0 Å². The van der Waals surface area contributed by atoms with Crippen LogP contribution in [0, 0.1) is 20.8 Å². The van der Waals surface area contributed by atoms with E-state index in [1.165, 1.54) is 17.7 Å². The molecule has 0 atom stereocenters. The zero-order valence-electron chi connectivity index (χ0n) is 12.5. The van der Waals surface area contributed by atoms with E-state index in [0.717, 1.165) is 22.4 Å². The van der Waals surface area contributed by atoms with Crippen molar-refractivity contribution >= 4 is 33.1 Å². The van der Waals surface area contributed by atoms with E-state index in [1.54, 1.807) is 0 Å². The predicted molar refractivity (Wildman–Crippen MR) is 88.8 cm³/mol. The minimum atomic E-state index is -0.219. The van der Waals surface area contributed by atoms with Gasteiger partial charge in [0.25, 0.3) is 11.5 Å². The van der Waals surface area contributed by atoms with Gasteiger partial charge in [0.15, 0.2) is 0 Å². The maximum absolute atomic E-state index is 12.5. The second kappa shape index (κ2) is 5.38. The van der Waals surface area contributed by atoms with E-state index >= 15 is 0 Å². The molecule has 0 unspecified atom stereocenters. The number of thiophene rings is 1. The summed E-state index contributed by atoms with van der Waals surface area (Å²) in [6, 6.07) is 5.90. The van der Waals surface area contributed by atoms with Gasteiger partial charge in [-0.05, 0) is 43.5 Å². The Morgan fingerprint density at radius 1 is 1.27 bits per heavy atom. The molecule has 2 N–H and O–H groups in total. The lowest BCUT2D eigenvalue weighted by Crippen LogP contribution is -2.12. The number of benzene rings is 1. The summed E-state index contributed by atoms with van der Waals surface area (Å²) in [6.45, 7) is 5.73. The average molecular weight is 313 g/mol. The molecule has 5 nitrogen and oxygen atoms in total. The fraction of sp³-hybridized carbons (Fsp3) is 0.188.